The van der Waals surface area contributed by atoms with E-state index in [1.165, 1.54) is 6.26 Å². The van der Waals surface area contributed by atoms with Gasteiger partial charge in [0.05, 0.1) is 24.6 Å². The summed E-state index contributed by atoms with van der Waals surface area (Å²) in [4.78, 5) is 0. The molecule has 0 spiro atoms. The molecule has 5 heteroatoms. The lowest BCUT2D eigenvalue weighted by Crippen LogP contribution is -2.26. The van der Waals surface area contributed by atoms with Crippen molar-refractivity contribution in [2.75, 3.05) is 18.6 Å². The fourth-order valence-electron chi connectivity index (χ4n) is 1.58. The Bertz CT molecular complexity index is 252. The van der Waals surface area contributed by atoms with Gasteiger partial charge in [0.25, 0.3) is 0 Å². The Kier molecular flexibility index (Phi) is 4.34. The Hall–Kier alpha value is -0.130. The summed E-state index contributed by atoms with van der Waals surface area (Å²) in [6.45, 7) is 0.277. The molecular weight excluding hydrogens is 204 g/mol. The van der Waals surface area contributed by atoms with Gasteiger partial charge < -0.3 is 9.84 Å². The van der Waals surface area contributed by atoms with Crippen molar-refractivity contribution in [3.63, 3.8) is 0 Å². The van der Waals surface area contributed by atoms with Crippen LogP contribution in [0.15, 0.2) is 0 Å². The average Bonchev–Trinajstić information content (AvgIpc) is 2.06. The van der Waals surface area contributed by atoms with Crippen LogP contribution in [-0.4, -0.2) is 44.3 Å². The zero-order chi connectivity index (χ0) is 10.6. The highest BCUT2D eigenvalue weighted by molar-refractivity contribution is 7.90. The van der Waals surface area contributed by atoms with Crippen LogP contribution in [0.5, 0.6) is 0 Å². The summed E-state index contributed by atoms with van der Waals surface area (Å²) in [6, 6.07) is 0. The number of hydrogen-bond donors (Lipinski definition) is 1. The first-order chi connectivity index (χ1) is 6.47. The SMILES string of the molecule is CS(=O)(=O)CCOC1CCC(O)CC1. The molecule has 1 rings (SSSR count). The standard InChI is InChI=1S/C9H18O4S/c1-14(11,12)7-6-13-9-4-2-8(10)3-5-9/h8-10H,2-7H2,1H3. The van der Waals surface area contributed by atoms with Gasteiger partial charge in [-0.3, -0.25) is 0 Å². The summed E-state index contributed by atoms with van der Waals surface area (Å²) in [7, 11) is -2.91. The maximum Gasteiger partial charge on any atom is 0.149 e. The molecule has 0 radical (unpaired) electrons. The molecule has 1 fully saturated rings. The van der Waals surface area contributed by atoms with Crippen molar-refractivity contribution in [3.05, 3.63) is 0 Å². The lowest BCUT2D eigenvalue weighted by atomic mass is 9.95. The molecule has 0 aromatic rings. The molecule has 0 heterocycles. The first kappa shape index (κ1) is 11.9. The van der Waals surface area contributed by atoms with Crippen molar-refractivity contribution in [2.24, 2.45) is 0 Å². The van der Waals surface area contributed by atoms with Gasteiger partial charge >= 0.3 is 0 Å². The Balaban J connectivity index is 2.14. The van der Waals surface area contributed by atoms with E-state index in [2.05, 4.69) is 0 Å². The van der Waals surface area contributed by atoms with Gasteiger partial charge in [0.15, 0.2) is 0 Å². The maximum absolute atomic E-state index is 10.8. The van der Waals surface area contributed by atoms with Crippen LogP contribution in [0.1, 0.15) is 25.7 Å². The van der Waals surface area contributed by atoms with Gasteiger partial charge in [-0.15, -0.1) is 0 Å². The van der Waals surface area contributed by atoms with Gasteiger partial charge in [0.2, 0.25) is 0 Å². The Morgan fingerprint density at radius 1 is 1.29 bits per heavy atom. The molecule has 1 N–H and O–H groups in total. The lowest BCUT2D eigenvalue weighted by Gasteiger charge is -2.25. The molecule has 4 nitrogen and oxygen atoms in total. The Labute approximate surface area is 85.2 Å². The summed E-state index contributed by atoms with van der Waals surface area (Å²) < 4.78 is 27.0. The number of sulfone groups is 1. The monoisotopic (exact) mass is 222 g/mol. The highest BCUT2D eigenvalue weighted by Gasteiger charge is 2.19. The summed E-state index contributed by atoms with van der Waals surface area (Å²) in [5, 5.41) is 9.23. The third-order valence-electron chi connectivity index (χ3n) is 2.45. The summed E-state index contributed by atoms with van der Waals surface area (Å²) in [6.07, 6.45) is 4.37. The minimum Gasteiger partial charge on any atom is -0.393 e. The van der Waals surface area contributed by atoms with E-state index in [1.807, 2.05) is 0 Å². The van der Waals surface area contributed by atoms with Gasteiger partial charge in [0.1, 0.15) is 9.84 Å². The normalized spacial score (nSPS) is 29.0. The first-order valence-electron chi connectivity index (χ1n) is 4.95. The highest BCUT2D eigenvalue weighted by Crippen LogP contribution is 2.20. The van der Waals surface area contributed by atoms with Crippen LogP contribution in [0.4, 0.5) is 0 Å². The van der Waals surface area contributed by atoms with Crippen molar-refractivity contribution in [3.8, 4) is 0 Å². The molecule has 0 amide bonds. The second-order valence-electron chi connectivity index (χ2n) is 3.93. The minimum atomic E-state index is -2.91. The highest BCUT2D eigenvalue weighted by atomic mass is 32.2. The van der Waals surface area contributed by atoms with Crippen LogP contribution >= 0.6 is 0 Å². The summed E-state index contributed by atoms with van der Waals surface area (Å²) >= 11 is 0. The van der Waals surface area contributed by atoms with E-state index in [1.54, 1.807) is 0 Å². The van der Waals surface area contributed by atoms with Crippen molar-refractivity contribution < 1.29 is 18.3 Å². The second kappa shape index (κ2) is 5.09. The Morgan fingerprint density at radius 3 is 2.36 bits per heavy atom. The zero-order valence-corrected chi connectivity index (χ0v) is 9.29. The molecule has 0 aromatic carbocycles. The fourth-order valence-corrected chi connectivity index (χ4v) is 1.98. The quantitative estimate of drug-likeness (QED) is 0.745. The van der Waals surface area contributed by atoms with E-state index in [0.29, 0.717) is 0 Å². The molecule has 84 valence electrons. The Morgan fingerprint density at radius 2 is 1.86 bits per heavy atom. The first-order valence-corrected chi connectivity index (χ1v) is 7.01. The number of aliphatic hydroxyl groups excluding tert-OH is 1. The lowest BCUT2D eigenvalue weighted by molar-refractivity contribution is 0.00334. The predicted molar refractivity (Wildman–Crippen MR) is 53.9 cm³/mol. The average molecular weight is 222 g/mol. The number of ether oxygens (including phenoxy) is 1. The van der Waals surface area contributed by atoms with E-state index >= 15 is 0 Å². The van der Waals surface area contributed by atoms with Gasteiger partial charge in [-0.25, -0.2) is 8.42 Å². The third-order valence-corrected chi connectivity index (χ3v) is 3.36. The van der Waals surface area contributed by atoms with Crippen LogP contribution < -0.4 is 0 Å². The molecular formula is C9H18O4S. The molecule has 0 bridgehead atoms. The van der Waals surface area contributed by atoms with Crippen molar-refractivity contribution in [1.82, 2.24) is 0 Å². The van der Waals surface area contributed by atoms with Crippen LogP contribution in [0.2, 0.25) is 0 Å². The molecule has 0 unspecified atom stereocenters. The van der Waals surface area contributed by atoms with Crippen LogP contribution in [0.25, 0.3) is 0 Å². The molecule has 1 saturated carbocycles. The van der Waals surface area contributed by atoms with Crippen LogP contribution in [0.3, 0.4) is 0 Å². The third kappa shape index (κ3) is 4.93. The number of rotatable bonds is 4. The predicted octanol–water partition coefficient (Wildman–Crippen LogP) is 0.351. The fraction of sp³-hybridized carbons (Fsp3) is 1.00. The minimum absolute atomic E-state index is 0.0893. The van der Waals surface area contributed by atoms with Crippen molar-refractivity contribution in [2.45, 2.75) is 37.9 Å². The molecule has 1 aliphatic carbocycles. The molecule has 1 aliphatic rings. The van der Waals surface area contributed by atoms with Crippen LogP contribution in [-0.2, 0) is 14.6 Å². The molecule has 0 aliphatic heterocycles. The van der Waals surface area contributed by atoms with E-state index in [9.17, 15) is 13.5 Å². The molecule has 0 atom stereocenters. The summed E-state index contributed by atoms with van der Waals surface area (Å²) in [5.74, 6) is 0.0893. The van der Waals surface area contributed by atoms with E-state index in [-0.39, 0.29) is 24.6 Å². The number of hydrogen-bond acceptors (Lipinski definition) is 4. The van der Waals surface area contributed by atoms with Gasteiger partial charge in [0, 0.05) is 6.26 Å². The van der Waals surface area contributed by atoms with Crippen molar-refractivity contribution >= 4 is 9.84 Å². The maximum atomic E-state index is 10.8. The van der Waals surface area contributed by atoms with E-state index in [4.69, 9.17) is 4.74 Å². The van der Waals surface area contributed by atoms with Crippen LogP contribution in [0, 0.1) is 0 Å². The van der Waals surface area contributed by atoms with Gasteiger partial charge in [-0.2, -0.15) is 0 Å². The second-order valence-corrected chi connectivity index (χ2v) is 6.19. The van der Waals surface area contributed by atoms with Crippen molar-refractivity contribution in [1.29, 1.82) is 0 Å². The summed E-state index contributed by atoms with van der Waals surface area (Å²) in [5.41, 5.74) is 0. The van der Waals surface area contributed by atoms with E-state index < -0.39 is 9.84 Å². The smallest absolute Gasteiger partial charge is 0.149 e. The number of aliphatic hydroxyl groups is 1. The largest absolute Gasteiger partial charge is 0.393 e. The zero-order valence-electron chi connectivity index (χ0n) is 8.48. The molecule has 14 heavy (non-hydrogen) atoms. The van der Waals surface area contributed by atoms with Gasteiger partial charge in [-0.05, 0) is 25.7 Å². The molecule has 0 saturated heterocycles. The topological polar surface area (TPSA) is 63.6 Å². The molecule has 0 aromatic heterocycles. The van der Waals surface area contributed by atoms with Gasteiger partial charge in [-0.1, -0.05) is 0 Å². The van der Waals surface area contributed by atoms with E-state index in [0.717, 1.165) is 25.7 Å².